The van der Waals surface area contributed by atoms with Crippen molar-refractivity contribution in [3.63, 3.8) is 0 Å². The minimum atomic E-state index is -1.20. The first kappa shape index (κ1) is 20.9. The molecule has 2 aromatic carbocycles. The molecular formula is C20H23N3O5. The van der Waals surface area contributed by atoms with Crippen molar-refractivity contribution in [1.29, 1.82) is 0 Å². The van der Waals surface area contributed by atoms with Gasteiger partial charge in [-0.25, -0.2) is 4.79 Å². The number of hydrogen-bond donors (Lipinski definition) is 5. The van der Waals surface area contributed by atoms with Crippen LogP contribution in [0, 0.1) is 0 Å². The van der Waals surface area contributed by atoms with Gasteiger partial charge in [0.25, 0.3) is 0 Å². The van der Waals surface area contributed by atoms with Crippen molar-refractivity contribution in [2.45, 2.75) is 24.9 Å². The lowest BCUT2D eigenvalue weighted by Crippen LogP contribution is -2.49. The molecule has 8 heteroatoms. The molecule has 0 saturated carbocycles. The Morgan fingerprint density at radius 1 is 0.929 bits per heavy atom. The fourth-order valence-corrected chi connectivity index (χ4v) is 2.57. The maximum atomic E-state index is 12.0. The van der Waals surface area contributed by atoms with E-state index in [-0.39, 0.29) is 18.7 Å². The Kier molecular flexibility index (Phi) is 7.53. The van der Waals surface area contributed by atoms with E-state index in [4.69, 9.17) is 5.73 Å². The SMILES string of the molecule is NC(Cc1ccccc1)C(=O)NCC(=O)NC(Cc1ccc(O)cc1)C(=O)O. The van der Waals surface area contributed by atoms with Crippen LogP contribution >= 0.6 is 0 Å². The molecule has 0 aliphatic heterocycles. The first-order chi connectivity index (χ1) is 13.3. The summed E-state index contributed by atoms with van der Waals surface area (Å²) < 4.78 is 0. The van der Waals surface area contributed by atoms with E-state index in [1.165, 1.54) is 12.1 Å². The van der Waals surface area contributed by atoms with E-state index in [9.17, 15) is 24.6 Å². The number of carboxylic acid groups (broad SMARTS) is 1. The largest absolute Gasteiger partial charge is 0.508 e. The van der Waals surface area contributed by atoms with Gasteiger partial charge in [-0.2, -0.15) is 0 Å². The van der Waals surface area contributed by atoms with Gasteiger partial charge < -0.3 is 26.6 Å². The number of aliphatic carboxylic acids is 1. The fourth-order valence-electron chi connectivity index (χ4n) is 2.57. The van der Waals surface area contributed by atoms with Gasteiger partial charge in [-0.3, -0.25) is 9.59 Å². The minimum Gasteiger partial charge on any atom is -0.508 e. The van der Waals surface area contributed by atoms with Gasteiger partial charge >= 0.3 is 5.97 Å². The topological polar surface area (TPSA) is 142 Å². The number of phenols is 1. The summed E-state index contributed by atoms with van der Waals surface area (Å²) in [5, 5.41) is 23.3. The van der Waals surface area contributed by atoms with Gasteiger partial charge in [-0.05, 0) is 29.7 Å². The molecule has 6 N–H and O–H groups in total. The second kappa shape index (κ2) is 10.1. The molecule has 2 unspecified atom stereocenters. The van der Waals surface area contributed by atoms with Crippen molar-refractivity contribution >= 4 is 17.8 Å². The zero-order chi connectivity index (χ0) is 20.5. The molecule has 2 atom stereocenters. The number of nitrogens with two attached hydrogens (primary N) is 1. The van der Waals surface area contributed by atoms with E-state index < -0.39 is 29.9 Å². The Labute approximate surface area is 162 Å². The molecule has 0 heterocycles. The van der Waals surface area contributed by atoms with Crippen molar-refractivity contribution in [1.82, 2.24) is 10.6 Å². The van der Waals surface area contributed by atoms with Crippen molar-refractivity contribution in [3.8, 4) is 5.75 Å². The Morgan fingerprint density at radius 3 is 2.14 bits per heavy atom. The summed E-state index contributed by atoms with van der Waals surface area (Å²) in [7, 11) is 0. The Balaban J connectivity index is 1.82. The Hall–Kier alpha value is -3.39. The van der Waals surface area contributed by atoms with Gasteiger partial charge in [0, 0.05) is 6.42 Å². The number of hydrogen-bond acceptors (Lipinski definition) is 5. The highest BCUT2D eigenvalue weighted by Crippen LogP contribution is 2.11. The quantitative estimate of drug-likeness (QED) is 0.417. The predicted molar refractivity (Wildman–Crippen MR) is 103 cm³/mol. The highest BCUT2D eigenvalue weighted by molar-refractivity contribution is 5.89. The van der Waals surface area contributed by atoms with E-state index in [1.807, 2.05) is 30.3 Å². The van der Waals surface area contributed by atoms with Gasteiger partial charge in [0.2, 0.25) is 11.8 Å². The van der Waals surface area contributed by atoms with Crippen LogP contribution in [0.25, 0.3) is 0 Å². The molecule has 2 amide bonds. The number of carboxylic acids is 1. The van der Waals surface area contributed by atoms with Crippen LogP contribution < -0.4 is 16.4 Å². The standard InChI is InChI=1S/C20H23N3O5/c21-16(10-13-4-2-1-3-5-13)19(26)22-12-18(25)23-17(20(27)28)11-14-6-8-15(24)9-7-14/h1-9,16-17,24H,10-12,21H2,(H,22,26)(H,23,25)(H,27,28). The number of rotatable bonds is 9. The lowest BCUT2D eigenvalue weighted by Gasteiger charge is -2.16. The van der Waals surface area contributed by atoms with Gasteiger partial charge in [0.1, 0.15) is 11.8 Å². The van der Waals surface area contributed by atoms with E-state index in [0.717, 1.165) is 5.56 Å². The zero-order valence-corrected chi connectivity index (χ0v) is 15.2. The van der Waals surface area contributed by atoms with Crippen LogP contribution in [-0.2, 0) is 27.2 Å². The molecule has 0 radical (unpaired) electrons. The van der Waals surface area contributed by atoms with E-state index >= 15 is 0 Å². The summed E-state index contributed by atoms with van der Waals surface area (Å²) in [5.74, 6) is -2.27. The second-order valence-electron chi connectivity index (χ2n) is 6.34. The molecule has 0 bridgehead atoms. The van der Waals surface area contributed by atoms with Crippen molar-refractivity contribution < 1.29 is 24.6 Å². The van der Waals surface area contributed by atoms with Crippen LogP contribution in [0.5, 0.6) is 5.75 Å². The normalized spacial score (nSPS) is 12.6. The first-order valence-corrected chi connectivity index (χ1v) is 8.72. The number of benzene rings is 2. The van der Waals surface area contributed by atoms with Crippen LogP contribution in [0.1, 0.15) is 11.1 Å². The van der Waals surface area contributed by atoms with Gasteiger partial charge in [0.05, 0.1) is 12.6 Å². The molecule has 0 aliphatic rings. The molecule has 148 valence electrons. The molecule has 2 rings (SSSR count). The summed E-state index contributed by atoms with van der Waals surface area (Å²) in [4.78, 5) is 35.4. The smallest absolute Gasteiger partial charge is 0.326 e. The van der Waals surface area contributed by atoms with Gasteiger partial charge in [-0.1, -0.05) is 42.5 Å². The minimum absolute atomic E-state index is 0.0445. The fraction of sp³-hybridized carbons (Fsp3) is 0.250. The van der Waals surface area contributed by atoms with Gasteiger partial charge in [-0.15, -0.1) is 0 Å². The Morgan fingerprint density at radius 2 is 1.54 bits per heavy atom. The molecular weight excluding hydrogens is 362 g/mol. The van der Waals surface area contributed by atoms with E-state index in [2.05, 4.69) is 10.6 Å². The number of aromatic hydroxyl groups is 1. The van der Waals surface area contributed by atoms with Crippen molar-refractivity contribution in [2.75, 3.05) is 6.54 Å². The van der Waals surface area contributed by atoms with Crippen LogP contribution in [0.2, 0.25) is 0 Å². The lowest BCUT2D eigenvalue weighted by atomic mass is 10.1. The maximum absolute atomic E-state index is 12.0. The average molecular weight is 385 g/mol. The molecule has 0 spiro atoms. The first-order valence-electron chi connectivity index (χ1n) is 8.72. The summed E-state index contributed by atoms with van der Waals surface area (Å²) in [5.41, 5.74) is 7.38. The van der Waals surface area contributed by atoms with Gasteiger partial charge in [0.15, 0.2) is 0 Å². The van der Waals surface area contributed by atoms with Crippen LogP contribution in [0.15, 0.2) is 54.6 Å². The molecule has 28 heavy (non-hydrogen) atoms. The number of phenolic OH excluding ortho intramolecular Hbond substituents is 1. The van der Waals surface area contributed by atoms with E-state index in [1.54, 1.807) is 12.1 Å². The third-order valence-corrected chi connectivity index (χ3v) is 4.07. The number of nitrogens with one attached hydrogen (secondary N) is 2. The second-order valence-corrected chi connectivity index (χ2v) is 6.34. The lowest BCUT2D eigenvalue weighted by molar-refractivity contribution is -0.141. The molecule has 8 nitrogen and oxygen atoms in total. The number of carbonyl (C=O) groups is 3. The summed E-state index contributed by atoms with van der Waals surface area (Å²) in [6.45, 7) is -0.374. The highest BCUT2D eigenvalue weighted by atomic mass is 16.4. The summed E-state index contributed by atoms with van der Waals surface area (Å²) in [6.07, 6.45) is 0.371. The third kappa shape index (κ3) is 6.73. The average Bonchev–Trinajstić information content (AvgIpc) is 2.67. The van der Waals surface area contributed by atoms with Crippen LogP contribution in [0.4, 0.5) is 0 Å². The van der Waals surface area contributed by atoms with Crippen LogP contribution in [-0.4, -0.2) is 46.6 Å². The van der Waals surface area contributed by atoms with Crippen molar-refractivity contribution in [2.24, 2.45) is 5.73 Å². The number of amides is 2. The number of carbonyl (C=O) groups excluding carboxylic acids is 2. The van der Waals surface area contributed by atoms with E-state index in [0.29, 0.717) is 12.0 Å². The molecule has 0 aliphatic carbocycles. The molecule has 2 aromatic rings. The molecule has 0 fully saturated rings. The zero-order valence-electron chi connectivity index (χ0n) is 15.2. The third-order valence-electron chi connectivity index (χ3n) is 4.07. The van der Waals surface area contributed by atoms with Crippen LogP contribution in [0.3, 0.4) is 0 Å². The Bertz CT molecular complexity index is 808. The van der Waals surface area contributed by atoms with Crippen molar-refractivity contribution in [3.05, 3.63) is 65.7 Å². The molecule has 0 aromatic heterocycles. The summed E-state index contributed by atoms with van der Waals surface area (Å²) in [6, 6.07) is 13.3. The molecule has 0 saturated heterocycles. The monoisotopic (exact) mass is 385 g/mol. The summed E-state index contributed by atoms with van der Waals surface area (Å²) >= 11 is 0. The predicted octanol–water partition coefficient (Wildman–Crippen LogP) is 0.190. The maximum Gasteiger partial charge on any atom is 0.326 e. The highest BCUT2D eigenvalue weighted by Gasteiger charge is 2.21.